The Morgan fingerprint density at radius 3 is 2.24 bits per heavy atom. The standard InChI is InChI=1S/C13H16N2O5S/c1-14-12(18)9-2-4-10(5-3-9)21(19,20)15-13(6-7-13)8-11(16)17/h2-5,15H,6-8H2,1H3,(H,14,18)(H,16,17). The van der Waals surface area contributed by atoms with E-state index in [0.717, 1.165) is 0 Å². The van der Waals surface area contributed by atoms with Crippen molar-refractivity contribution in [2.75, 3.05) is 7.05 Å². The SMILES string of the molecule is CNC(=O)c1ccc(S(=O)(=O)NC2(CC(=O)O)CC2)cc1. The lowest BCUT2D eigenvalue weighted by molar-refractivity contribution is -0.137. The van der Waals surface area contributed by atoms with Crippen LogP contribution >= 0.6 is 0 Å². The molecule has 1 fully saturated rings. The second-order valence-electron chi connectivity index (χ2n) is 5.06. The molecule has 8 heteroatoms. The van der Waals surface area contributed by atoms with Crippen molar-refractivity contribution in [3.05, 3.63) is 29.8 Å². The quantitative estimate of drug-likeness (QED) is 0.701. The predicted octanol–water partition coefficient (Wildman–Crippen LogP) is 0.332. The van der Waals surface area contributed by atoms with Crippen molar-refractivity contribution < 1.29 is 23.1 Å². The molecule has 7 nitrogen and oxygen atoms in total. The molecule has 0 saturated heterocycles. The molecule has 1 aromatic rings. The van der Waals surface area contributed by atoms with Crippen molar-refractivity contribution in [2.24, 2.45) is 0 Å². The van der Waals surface area contributed by atoms with E-state index < -0.39 is 21.5 Å². The first-order valence-corrected chi connectivity index (χ1v) is 7.84. The average Bonchev–Trinajstić information content (AvgIpc) is 3.15. The largest absolute Gasteiger partial charge is 0.481 e. The van der Waals surface area contributed by atoms with Crippen molar-refractivity contribution >= 4 is 21.9 Å². The molecule has 0 bridgehead atoms. The van der Waals surface area contributed by atoms with Crippen LogP contribution in [-0.4, -0.2) is 38.0 Å². The molecular weight excluding hydrogens is 296 g/mol. The topological polar surface area (TPSA) is 113 Å². The van der Waals surface area contributed by atoms with E-state index in [1.165, 1.54) is 31.3 Å². The minimum atomic E-state index is -3.80. The van der Waals surface area contributed by atoms with Crippen LogP contribution in [0.4, 0.5) is 0 Å². The zero-order valence-corrected chi connectivity index (χ0v) is 12.2. The number of carbonyl (C=O) groups excluding carboxylic acids is 1. The Labute approximate surface area is 122 Å². The third-order valence-corrected chi connectivity index (χ3v) is 4.94. The Kier molecular flexibility index (Phi) is 4.02. The predicted molar refractivity (Wildman–Crippen MR) is 74.4 cm³/mol. The first-order chi connectivity index (χ1) is 9.78. The highest BCUT2D eigenvalue weighted by atomic mass is 32.2. The summed E-state index contributed by atoms with van der Waals surface area (Å²) in [7, 11) is -2.31. The van der Waals surface area contributed by atoms with Crippen molar-refractivity contribution in [1.29, 1.82) is 0 Å². The van der Waals surface area contributed by atoms with Gasteiger partial charge in [0.05, 0.1) is 11.3 Å². The molecule has 1 aliphatic rings. The highest BCUT2D eigenvalue weighted by Gasteiger charge is 2.47. The van der Waals surface area contributed by atoms with Crippen LogP contribution in [0.1, 0.15) is 29.6 Å². The van der Waals surface area contributed by atoms with E-state index in [4.69, 9.17) is 5.11 Å². The molecule has 114 valence electrons. The summed E-state index contributed by atoms with van der Waals surface area (Å²) in [6, 6.07) is 5.46. The van der Waals surface area contributed by atoms with E-state index in [2.05, 4.69) is 10.0 Å². The van der Waals surface area contributed by atoms with Gasteiger partial charge < -0.3 is 10.4 Å². The number of benzene rings is 1. The summed E-state index contributed by atoms with van der Waals surface area (Å²) in [5, 5.41) is 11.2. The molecule has 1 amide bonds. The van der Waals surface area contributed by atoms with Gasteiger partial charge in [-0.3, -0.25) is 9.59 Å². The molecule has 1 aromatic carbocycles. The van der Waals surface area contributed by atoms with Crippen LogP contribution in [0.15, 0.2) is 29.2 Å². The number of hydrogen-bond donors (Lipinski definition) is 3. The van der Waals surface area contributed by atoms with Crippen LogP contribution in [-0.2, 0) is 14.8 Å². The molecule has 0 aliphatic heterocycles. The van der Waals surface area contributed by atoms with E-state index in [0.29, 0.717) is 18.4 Å². The van der Waals surface area contributed by atoms with Gasteiger partial charge >= 0.3 is 5.97 Å². The molecule has 0 unspecified atom stereocenters. The number of sulfonamides is 1. The van der Waals surface area contributed by atoms with Gasteiger partial charge in [0.15, 0.2) is 0 Å². The highest BCUT2D eigenvalue weighted by molar-refractivity contribution is 7.89. The van der Waals surface area contributed by atoms with Crippen LogP contribution in [0, 0.1) is 0 Å². The average molecular weight is 312 g/mol. The van der Waals surface area contributed by atoms with Crippen LogP contribution < -0.4 is 10.0 Å². The molecule has 1 aliphatic carbocycles. The Balaban J connectivity index is 2.17. The summed E-state index contributed by atoms with van der Waals surface area (Å²) in [6.07, 6.45) is 0.784. The van der Waals surface area contributed by atoms with Gasteiger partial charge in [-0.15, -0.1) is 0 Å². The van der Waals surface area contributed by atoms with E-state index in [1.54, 1.807) is 0 Å². The van der Waals surface area contributed by atoms with Crippen LogP contribution in [0.25, 0.3) is 0 Å². The second kappa shape index (κ2) is 5.45. The van der Waals surface area contributed by atoms with Gasteiger partial charge in [-0.25, -0.2) is 13.1 Å². The van der Waals surface area contributed by atoms with E-state index in [9.17, 15) is 18.0 Å². The maximum atomic E-state index is 12.2. The van der Waals surface area contributed by atoms with Crippen LogP contribution in [0.3, 0.4) is 0 Å². The molecule has 0 heterocycles. The van der Waals surface area contributed by atoms with Crippen molar-refractivity contribution in [2.45, 2.75) is 29.7 Å². The molecule has 0 radical (unpaired) electrons. The monoisotopic (exact) mass is 312 g/mol. The van der Waals surface area contributed by atoms with Gasteiger partial charge in [0.25, 0.3) is 5.91 Å². The number of carbonyl (C=O) groups is 2. The minimum absolute atomic E-state index is 0.00631. The number of amides is 1. The molecule has 3 N–H and O–H groups in total. The number of rotatable bonds is 6. The third kappa shape index (κ3) is 3.59. The lowest BCUT2D eigenvalue weighted by Crippen LogP contribution is -2.38. The summed E-state index contributed by atoms with van der Waals surface area (Å²) in [5.41, 5.74) is -0.521. The lowest BCUT2D eigenvalue weighted by atomic mass is 10.2. The normalized spacial score (nSPS) is 16.2. The Bertz CT molecular complexity index is 662. The van der Waals surface area contributed by atoms with E-state index >= 15 is 0 Å². The molecule has 0 spiro atoms. The van der Waals surface area contributed by atoms with E-state index in [1.807, 2.05) is 0 Å². The fourth-order valence-electron chi connectivity index (χ4n) is 2.03. The summed E-state index contributed by atoms with van der Waals surface area (Å²) >= 11 is 0. The molecule has 21 heavy (non-hydrogen) atoms. The number of aliphatic carboxylic acids is 1. The molecule has 1 saturated carbocycles. The van der Waals surface area contributed by atoms with Gasteiger partial charge in [0, 0.05) is 18.2 Å². The Morgan fingerprint density at radius 1 is 1.24 bits per heavy atom. The van der Waals surface area contributed by atoms with Gasteiger partial charge in [0.2, 0.25) is 10.0 Å². The van der Waals surface area contributed by atoms with Crippen molar-refractivity contribution in [3.63, 3.8) is 0 Å². The van der Waals surface area contributed by atoms with Crippen LogP contribution in [0.5, 0.6) is 0 Å². The van der Waals surface area contributed by atoms with Gasteiger partial charge in [0.1, 0.15) is 0 Å². The Hall–Kier alpha value is -1.93. The third-order valence-electron chi connectivity index (χ3n) is 3.35. The number of nitrogens with one attached hydrogen (secondary N) is 2. The first-order valence-electron chi connectivity index (χ1n) is 6.36. The highest BCUT2D eigenvalue weighted by Crippen LogP contribution is 2.40. The zero-order valence-electron chi connectivity index (χ0n) is 11.4. The number of carboxylic acids is 1. The zero-order chi connectivity index (χ0) is 15.7. The smallest absolute Gasteiger partial charge is 0.305 e. The fraction of sp³-hybridized carbons (Fsp3) is 0.385. The molecule has 0 aromatic heterocycles. The first kappa shape index (κ1) is 15.5. The summed E-state index contributed by atoms with van der Waals surface area (Å²) < 4.78 is 26.9. The number of hydrogen-bond acceptors (Lipinski definition) is 4. The summed E-state index contributed by atoms with van der Waals surface area (Å²) in [6.45, 7) is 0. The van der Waals surface area contributed by atoms with E-state index in [-0.39, 0.29) is 17.2 Å². The minimum Gasteiger partial charge on any atom is -0.481 e. The van der Waals surface area contributed by atoms with Gasteiger partial charge in [-0.05, 0) is 37.1 Å². The van der Waals surface area contributed by atoms with Gasteiger partial charge in [-0.2, -0.15) is 0 Å². The maximum absolute atomic E-state index is 12.2. The molecular formula is C13H16N2O5S. The number of carboxylic acid groups (broad SMARTS) is 1. The molecule has 0 atom stereocenters. The maximum Gasteiger partial charge on any atom is 0.305 e. The molecule has 2 rings (SSSR count). The lowest BCUT2D eigenvalue weighted by Gasteiger charge is -2.15. The summed E-state index contributed by atoms with van der Waals surface area (Å²) in [5.74, 6) is -1.35. The second-order valence-corrected chi connectivity index (χ2v) is 6.74. The summed E-state index contributed by atoms with van der Waals surface area (Å²) in [4.78, 5) is 22.2. The Morgan fingerprint density at radius 2 is 1.81 bits per heavy atom. The van der Waals surface area contributed by atoms with Gasteiger partial charge in [-0.1, -0.05) is 0 Å². The van der Waals surface area contributed by atoms with Crippen molar-refractivity contribution in [1.82, 2.24) is 10.0 Å². The fourth-order valence-corrected chi connectivity index (χ4v) is 3.49. The van der Waals surface area contributed by atoms with Crippen molar-refractivity contribution in [3.8, 4) is 0 Å². The van der Waals surface area contributed by atoms with Crippen LogP contribution in [0.2, 0.25) is 0 Å².